The monoisotopic (exact) mass is 254 g/mol. The van der Waals surface area contributed by atoms with Crippen LogP contribution < -0.4 is 5.32 Å². The van der Waals surface area contributed by atoms with Crippen molar-refractivity contribution in [2.45, 2.75) is 25.5 Å². The third-order valence-corrected chi connectivity index (χ3v) is 3.57. The molecule has 2 heterocycles. The first-order chi connectivity index (χ1) is 7.83. The fourth-order valence-corrected chi connectivity index (χ4v) is 2.74. The molecule has 3 nitrogen and oxygen atoms in total. The Labute approximate surface area is 108 Å². The highest BCUT2D eigenvalue weighted by Crippen LogP contribution is 2.28. The van der Waals surface area contributed by atoms with Gasteiger partial charge in [-0.05, 0) is 24.0 Å². The van der Waals surface area contributed by atoms with Crippen LogP contribution in [0.1, 0.15) is 17.5 Å². The minimum Gasteiger partial charge on any atom is -0.392 e. The van der Waals surface area contributed by atoms with Crippen LogP contribution in [0.5, 0.6) is 0 Å². The van der Waals surface area contributed by atoms with Crippen LogP contribution in [0.25, 0.3) is 0 Å². The van der Waals surface area contributed by atoms with Crippen LogP contribution in [0.2, 0.25) is 0 Å². The standard InChI is InChI=1S/C13H18N2O.ClH/c16-12-5-7-15(9-12)8-11-3-1-2-10-4-6-14-13(10)11;/h1-3,12,14,16H,4-9H2;1H. The summed E-state index contributed by atoms with van der Waals surface area (Å²) in [6.45, 7) is 3.87. The molecule has 1 fully saturated rings. The van der Waals surface area contributed by atoms with E-state index < -0.39 is 0 Å². The van der Waals surface area contributed by atoms with Gasteiger partial charge in [0, 0.05) is 31.9 Å². The van der Waals surface area contributed by atoms with Crippen LogP contribution >= 0.6 is 12.4 Å². The Hall–Kier alpha value is -0.770. The number of fused-ring (bicyclic) bond motifs is 1. The van der Waals surface area contributed by atoms with Gasteiger partial charge in [-0.1, -0.05) is 18.2 Å². The van der Waals surface area contributed by atoms with Crippen molar-refractivity contribution in [3.8, 4) is 0 Å². The quantitative estimate of drug-likeness (QED) is 0.842. The number of aliphatic hydroxyl groups excluding tert-OH is 1. The van der Waals surface area contributed by atoms with E-state index in [1.54, 1.807) is 0 Å². The number of likely N-dealkylation sites (tertiary alicyclic amines) is 1. The minimum absolute atomic E-state index is 0. The molecule has 3 rings (SSSR count). The number of hydrogen-bond donors (Lipinski definition) is 2. The average molecular weight is 255 g/mol. The van der Waals surface area contributed by atoms with Crippen molar-refractivity contribution in [1.29, 1.82) is 0 Å². The SMILES string of the molecule is Cl.OC1CCN(Cc2cccc3c2NCC3)C1. The summed E-state index contributed by atoms with van der Waals surface area (Å²) in [6, 6.07) is 6.55. The zero-order chi connectivity index (χ0) is 11.0. The lowest BCUT2D eigenvalue weighted by atomic mass is 10.1. The number of nitrogens with one attached hydrogen (secondary N) is 1. The zero-order valence-electron chi connectivity index (χ0n) is 9.85. The predicted octanol–water partition coefficient (Wildman–Crippen LogP) is 1.64. The summed E-state index contributed by atoms with van der Waals surface area (Å²) in [5.41, 5.74) is 4.16. The van der Waals surface area contributed by atoms with Crippen molar-refractivity contribution in [2.24, 2.45) is 0 Å². The van der Waals surface area contributed by atoms with Crippen LogP contribution in [-0.2, 0) is 13.0 Å². The second-order valence-corrected chi connectivity index (χ2v) is 4.81. The van der Waals surface area contributed by atoms with Crippen molar-refractivity contribution < 1.29 is 5.11 Å². The first kappa shape index (κ1) is 12.7. The molecule has 0 saturated carbocycles. The number of rotatable bonds is 2. The highest BCUT2D eigenvalue weighted by Gasteiger charge is 2.22. The molecule has 17 heavy (non-hydrogen) atoms. The first-order valence-corrected chi connectivity index (χ1v) is 6.08. The number of para-hydroxylation sites is 1. The summed E-state index contributed by atoms with van der Waals surface area (Å²) < 4.78 is 0. The van der Waals surface area contributed by atoms with E-state index in [9.17, 15) is 5.11 Å². The summed E-state index contributed by atoms with van der Waals surface area (Å²) in [5, 5.41) is 13.0. The normalized spacial score (nSPS) is 23.0. The maximum absolute atomic E-state index is 9.51. The average Bonchev–Trinajstić information content (AvgIpc) is 2.87. The maximum Gasteiger partial charge on any atom is 0.0679 e. The largest absolute Gasteiger partial charge is 0.392 e. The molecule has 94 valence electrons. The van der Waals surface area contributed by atoms with Crippen molar-refractivity contribution >= 4 is 18.1 Å². The van der Waals surface area contributed by atoms with E-state index in [4.69, 9.17) is 0 Å². The molecule has 2 aliphatic rings. The van der Waals surface area contributed by atoms with Gasteiger partial charge >= 0.3 is 0 Å². The van der Waals surface area contributed by atoms with Gasteiger partial charge in [-0.15, -0.1) is 12.4 Å². The first-order valence-electron chi connectivity index (χ1n) is 6.08. The Morgan fingerprint density at radius 1 is 1.41 bits per heavy atom. The molecule has 1 aromatic carbocycles. The molecule has 2 aliphatic heterocycles. The zero-order valence-corrected chi connectivity index (χ0v) is 10.7. The molecule has 4 heteroatoms. The van der Waals surface area contributed by atoms with Gasteiger partial charge in [0.15, 0.2) is 0 Å². The Balaban J connectivity index is 0.00000108. The third-order valence-electron chi connectivity index (χ3n) is 3.57. The summed E-state index contributed by atoms with van der Waals surface area (Å²) in [5.74, 6) is 0. The molecule has 0 aliphatic carbocycles. The summed E-state index contributed by atoms with van der Waals surface area (Å²) in [7, 11) is 0. The molecule has 1 aromatic rings. The van der Waals surface area contributed by atoms with Crippen molar-refractivity contribution in [3.63, 3.8) is 0 Å². The van der Waals surface area contributed by atoms with Crippen LogP contribution in [0.4, 0.5) is 5.69 Å². The van der Waals surface area contributed by atoms with Gasteiger partial charge in [-0.3, -0.25) is 4.90 Å². The molecule has 2 N–H and O–H groups in total. The van der Waals surface area contributed by atoms with Crippen molar-refractivity contribution in [1.82, 2.24) is 4.90 Å². The molecule has 1 unspecified atom stereocenters. The lowest BCUT2D eigenvalue weighted by Crippen LogP contribution is -2.21. The van der Waals surface area contributed by atoms with Gasteiger partial charge in [-0.2, -0.15) is 0 Å². The van der Waals surface area contributed by atoms with Gasteiger partial charge in [0.25, 0.3) is 0 Å². The van der Waals surface area contributed by atoms with Crippen LogP contribution in [0.15, 0.2) is 18.2 Å². The Bertz CT molecular complexity index is 397. The smallest absolute Gasteiger partial charge is 0.0679 e. The molecule has 0 aromatic heterocycles. The molecule has 1 saturated heterocycles. The van der Waals surface area contributed by atoms with Crippen LogP contribution in [0.3, 0.4) is 0 Å². The maximum atomic E-state index is 9.51. The van der Waals surface area contributed by atoms with Crippen LogP contribution in [0, 0.1) is 0 Å². The fourth-order valence-electron chi connectivity index (χ4n) is 2.74. The highest BCUT2D eigenvalue weighted by molar-refractivity contribution is 5.85. The molecule has 0 radical (unpaired) electrons. The number of aliphatic hydroxyl groups is 1. The topological polar surface area (TPSA) is 35.5 Å². The lowest BCUT2D eigenvalue weighted by Gasteiger charge is -2.17. The van der Waals surface area contributed by atoms with E-state index in [0.717, 1.165) is 39.0 Å². The second kappa shape index (κ2) is 5.25. The van der Waals surface area contributed by atoms with Gasteiger partial charge in [0.1, 0.15) is 0 Å². The van der Waals surface area contributed by atoms with E-state index in [2.05, 4.69) is 28.4 Å². The number of anilines is 1. The Morgan fingerprint density at radius 2 is 2.29 bits per heavy atom. The number of hydrogen-bond acceptors (Lipinski definition) is 3. The number of benzene rings is 1. The van der Waals surface area contributed by atoms with Gasteiger partial charge < -0.3 is 10.4 Å². The lowest BCUT2D eigenvalue weighted by molar-refractivity contribution is 0.175. The minimum atomic E-state index is -0.121. The van der Waals surface area contributed by atoms with Crippen molar-refractivity contribution in [3.05, 3.63) is 29.3 Å². The number of β-amino-alcohol motifs (C(OH)–C–C–N with tert-alkyl or cyclic N) is 1. The van der Waals surface area contributed by atoms with Gasteiger partial charge in [0.2, 0.25) is 0 Å². The van der Waals surface area contributed by atoms with Crippen molar-refractivity contribution in [2.75, 3.05) is 25.0 Å². The molecule has 0 bridgehead atoms. The highest BCUT2D eigenvalue weighted by atomic mass is 35.5. The predicted molar refractivity (Wildman–Crippen MR) is 71.8 cm³/mol. The van der Waals surface area contributed by atoms with E-state index in [1.807, 2.05) is 0 Å². The van der Waals surface area contributed by atoms with E-state index in [-0.39, 0.29) is 18.5 Å². The van der Waals surface area contributed by atoms with Crippen LogP contribution in [-0.4, -0.2) is 35.7 Å². The molecule has 0 amide bonds. The number of halogens is 1. The summed E-state index contributed by atoms with van der Waals surface area (Å²) in [4.78, 5) is 2.33. The van der Waals surface area contributed by atoms with E-state index >= 15 is 0 Å². The molecule has 1 atom stereocenters. The number of nitrogens with zero attached hydrogens (tertiary/aromatic N) is 1. The second-order valence-electron chi connectivity index (χ2n) is 4.81. The van der Waals surface area contributed by atoms with E-state index in [1.165, 1.54) is 16.8 Å². The fraction of sp³-hybridized carbons (Fsp3) is 0.538. The van der Waals surface area contributed by atoms with Gasteiger partial charge in [-0.25, -0.2) is 0 Å². The molecular formula is C13H19ClN2O. The Kier molecular flexibility index (Phi) is 3.92. The Morgan fingerprint density at radius 3 is 3.06 bits per heavy atom. The summed E-state index contributed by atoms with van der Waals surface area (Å²) >= 11 is 0. The molecular weight excluding hydrogens is 236 g/mol. The van der Waals surface area contributed by atoms with E-state index in [0.29, 0.717) is 0 Å². The third kappa shape index (κ3) is 2.57. The summed E-state index contributed by atoms with van der Waals surface area (Å²) in [6.07, 6.45) is 1.94. The van der Waals surface area contributed by atoms with Gasteiger partial charge in [0.05, 0.1) is 6.10 Å². The molecule has 0 spiro atoms.